The Labute approximate surface area is 408 Å². The molecule has 0 bridgehead atoms. The summed E-state index contributed by atoms with van der Waals surface area (Å²) < 4.78 is 16.6. The summed E-state index contributed by atoms with van der Waals surface area (Å²) in [4.78, 5) is 25.0. The van der Waals surface area contributed by atoms with Gasteiger partial charge in [-0.2, -0.15) is 0 Å². The number of ether oxygens (including phenoxy) is 3. The van der Waals surface area contributed by atoms with E-state index in [9.17, 15) is 35.1 Å². The van der Waals surface area contributed by atoms with Gasteiger partial charge in [0.25, 0.3) is 0 Å². The number of amides is 1. The molecule has 11 nitrogen and oxygen atoms in total. The molecule has 1 aliphatic rings. The third-order valence-corrected chi connectivity index (χ3v) is 12.4. The molecule has 0 spiro atoms. The summed E-state index contributed by atoms with van der Waals surface area (Å²) in [6, 6.07) is -0.851. The molecule has 0 aromatic heterocycles. The molecular formula is C56H99NO10. The molecule has 0 aliphatic carbocycles. The average Bonchev–Trinajstić information content (AvgIpc) is 3.32. The Bertz CT molecular complexity index is 1300. The number of carbonyl (C=O) groups is 2. The van der Waals surface area contributed by atoms with Crippen LogP contribution in [-0.4, -0.2) is 100 Å². The Hall–Kier alpha value is -2.64. The zero-order valence-electron chi connectivity index (χ0n) is 42.3. The highest BCUT2D eigenvalue weighted by Gasteiger charge is 2.44. The molecule has 7 unspecified atom stereocenters. The van der Waals surface area contributed by atoms with Crippen LogP contribution in [0.1, 0.15) is 219 Å². The van der Waals surface area contributed by atoms with Crippen LogP contribution in [0, 0.1) is 0 Å². The van der Waals surface area contributed by atoms with E-state index in [1.165, 1.54) is 77.0 Å². The molecule has 7 atom stereocenters. The second-order valence-electron chi connectivity index (χ2n) is 18.6. The maximum Gasteiger partial charge on any atom is 0.305 e. The molecule has 1 amide bonds. The molecule has 0 aromatic rings. The van der Waals surface area contributed by atoms with Gasteiger partial charge in [-0.1, -0.05) is 184 Å². The minimum atomic E-state index is -1.59. The number of allylic oxidation sites excluding steroid dienone is 9. The maximum absolute atomic E-state index is 13.0. The third-order valence-electron chi connectivity index (χ3n) is 12.4. The lowest BCUT2D eigenvalue weighted by Crippen LogP contribution is -2.60. The third kappa shape index (κ3) is 36.0. The molecule has 388 valence electrons. The number of nitrogens with one attached hydrogen (secondary N) is 1. The number of hydrogen-bond acceptors (Lipinski definition) is 10. The second-order valence-corrected chi connectivity index (χ2v) is 18.6. The van der Waals surface area contributed by atoms with Gasteiger partial charge in [0.1, 0.15) is 24.4 Å². The van der Waals surface area contributed by atoms with Gasteiger partial charge >= 0.3 is 5.97 Å². The lowest BCUT2D eigenvalue weighted by atomic mass is 9.99. The van der Waals surface area contributed by atoms with Crippen molar-refractivity contribution in [1.29, 1.82) is 0 Å². The molecule has 67 heavy (non-hydrogen) atoms. The lowest BCUT2D eigenvalue weighted by molar-refractivity contribution is -0.302. The number of hydrogen-bond donors (Lipinski definition) is 6. The van der Waals surface area contributed by atoms with Crippen LogP contribution in [0.2, 0.25) is 0 Å². The SMILES string of the molecule is CC/C=C/CC/C=C/CC/C=C/C(O)C(COC1OC(CO)C(O)C(O)C1O)NC(=O)CCCCCCCC/C=C\C=C/CCCCCOC(=O)CCCCCCCCCCCCCCCC. The number of aliphatic hydroxyl groups is 5. The number of aliphatic hydroxyl groups excluding tert-OH is 5. The minimum absolute atomic E-state index is 0.0414. The van der Waals surface area contributed by atoms with Gasteiger partial charge in [-0.05, 0) is 83.5 Å². The Balaban J connectivity index is 2.15. The summed E-state index contributed by atoms with van der Waals surface area (Å²) in [6.07, 6.45) is 47.5. The van der Waals surface area contributed by atoms with Crippen molar-refractivity contribution < 1.29 is 49.3 Å². The summed E-state index contributed by atoms with van der Waals surface area (Å²) in [7, 11) is 0. The summed E-state index contributed by atoms with van der Waals surface area (Å²) in [5.74, 6) is -0.264. The van der Waals surface area contributed by atoms with Crippen LogP contribution in [0.25, 0.3) is 0 Å². The van der Waals surface area contributed by atoms with Crippen LogP contribution in [-0.2, 0) is 23.8 Å². The molecule has 0 radical (unpaired) electrons. The smallest absolute Gasteiger partial charge is 0.305 e. The molecule has 1 heterocycles. The quantitative estimate of drug-likeness (QED) is 0.0149. The predicted molar refractivity (Wildman–Crippen MR) is 273 cm³/mol. The molecule has 6 N–H and O–H groups in total. The number of unbranched alkanes of at least 4 members (excludes halogenated alkanes) is 24. The van der Waals surface area contributed by atoms with Crippen molar-refractivity contribution in [1.82, 2.24) is 5.32 Å². The van der Waals surface area contributed by atoms with Gasteiger partial charge in [-0.25, -0.2) is 0 Å². The van der Waals surface area contributed by atoms with Gasteiger partial charge in [0.15, 0.2) is 6.29 Å². The Morgan fingerprint density at radius 2 is 1.06 bits per heavy atom. The molecule has 11 heteroatoms. The first-order valence-corrected chi connectivity index (χ1v) is 27.1. The van der Waals surface area contributed by atoms with Crippen LogP contribution < -0.4 is 5.32 Å². The summed E-state index contributed by atoms with van der Waals surface area (Å²) in [6.45, 7) is 4.11. The van der Waals surface area contributed by atoms with Gasteiger partial charge < -0.3 is 45.1 Å². The molecular weight excluding hydrogens is 847 g/mol. The average molecular weight is 946 g/mol. The maximum atomic E-state index is 13.0. The van der Waals surface area contributed by atoms with E-state index in [1.54, 1.807) is 6.08 Å². The highest BCUT2D eigenvalue weighted by molar-refractivity contribution is 5.76. The standard InChI is InChI=1S/C56H99NO10/c1-3-5-7-9-11-13-15-16-21-24-28-32-36-40-44-52(61)65-45-41-37-33-29-25-22-19-17-18-20-23-27-31-35-39-43-51(60)57-48(47-66-56-55(64)54(63)53(62)50(46-58)67-56)49(59)42-38-34-30-26-14-12-10-8-6-4-2/h6,8,14,17,19,22,25-26,38,42,48-50,53-56,58-59,62-64H,3-5,7,9-13,15-16,18,20-21,23-24,27-37,39-41,43-47H2,1-2H3,(H,57,60)/b8-6+,19-17-,25-22-,26-14+,42-38+. The fourth-order valence-electron chi connectivity index (χ4n) is 8.05. The van der Waals surface area contributed by atoms with Gasteiger partial charge in [0.05, 0.1) is 32.0 Å². The largest absolute Gasteiger partial charge is 0.466 e. The zero-order valence-corrected chi connectivity index (χ0v) is 42.3. The van der Waals surface area contributed by atoms with Crippen molar-refractivity contribution in [3.8, 4) is 0 Å². The van der Waals surface area contributed by atoms with Crippen molar-refractivity contribution in [2.75, 3.05) is 19.8 Å². The van der Waals surface area contributed by atoms with Gasteiger partial charge in [-0.15, -0.1) is 0 Å². The van der Waals surface area contributed by atoms with Crippen molar-refractivity contribution >= 4 is 11.9 Å². The summed E-state index contributed by atoms with van der Waals surface area (Å²) >= 11 is 0. The van der Waals surface area contributed by atoms with Crippen LogP contribution in [0.5, 0.6) is 0 Å². The van der Waals surface area contributed by atoms with Gasteiger partial charge in [0.2, 0.25) is 5.91 Å². The first-order valence-electron chi connectivity index (χ1n) is 27.1. The Morgan fingerprint density at radius 3 is 1.61 bits per heavy atom. The summed E-state index contributed by atoms with van der Waals surface area (Å²) in [5, 5.41) is 54.1. The zero-order chi connectivity index (χ0) is 48.8. The number of esters is 1. The molecule has 1 aliphatic heterocycles. The molecule has 0 saturated carbocycles. The van der Waals surface area contributed by atoms with Crippen LogP contribution in [0.4, 0.5) is 0 Å². The molecule has 1 fully saturated rings. The van der Waals surface area contributed by atoms with E-state index in [0.717, 1.165) is 103 Å². The van der Waals surface area contributed by atoms with Crippen LogP contribution >= 0.6 is 0 Å². The van der Waals surface area contributed by atoms with Crippen molar-refractivity contribution in [2.24, 2.45) is 0 Å². The van der Waals surface area contributed by atoms with Crippen LogP contribution in [0.3, 0.4) is 0 Å². The number of carbonyl (C=O) groups excluding carboxylic acids is 2. The monoisotopic (exact) mass is 946 g/mol. The fraction of sp³-hybridized carbons (Fsp3) is 0.786. The van der Waals surface area contributed by atoms with Gasteiger partial charge in [0, 0.05) is 12.8 Å². The molecule has 0 aromatic carbocycles. The lowest BCUT2D eigenvalue weighted by Gasteiger charge is -2.40. The van der Waals surface area contributed by atoms with Gasteiger partial charge in [-0.3, -0.25) is 9.59 Å². The summed E-state index contributed by atoms with van der Waals surface area (Å²) in [5.41, 5.74) is 0. The van der Waals surface area contributed by atoms with Crippen molar-refractivity contribution in [3.05, 3.63) is 60.8 Å². The van der Waals surface area contributed by atoms with E-state index in [-0.39, 0.29) is 18.5 Å². The minimum Gasteiger partial charge on any atom is -0.466 e. The predicted octanol–water partition coefficient (Wildman–Crippen LogP) is 11.5. The van der Waals surface area contributed by atoms with Crippen molar-refractivity contribution in [3.63, 3.8) is 0 Å². The first kappa shape index (κ1) is 62.4. The van der Waals surface area contributed by atoms with E-state index in [1.807, 2.05) is 6.08 Å². The van der Waals surface area contributed by atoms with Crippen molar-refractivity contribution in [2.45, 2.75) is 262 Å². The van der Waals surface area contributed by atoms with E-state index in [4.69, 9.17) is 14.2 Å². The Morgan fingerprint density at radius 1 is 0.567 bits per heavy atom. The fourth-order valence-corrected chi connectivity index (χ4v) is 8.05. The Kier molecular flexibility index (Phi) is 42.6. The van der Waals surface area contributed by atoms with Crippen LogP contribution in [0.15, 0.2) is 60.8 Å². The molecule has 1 rings (SSSR count). The van der Waals surface area contributed by atoms with E-state index in [0.29, 0.717) is 32.3 Å². The molecule has 1 saturated heterocycles. The second kappa shape index (κ2) is 45.8. The normalized spacial score (nSPS) is 20.0. The topological polar surface area (TPSA) is 175 Å². The highest BCUT2D eigenvalue weighted by atomic mass is 16.7. The van der Waals surface area contributed by atoms with E-state index in [2.05, 4.69) is 67.8 Å². The van der Waals surface area contributed by atoms with E-state index >= 15 is 0 Å². The van der Waals surface area contributed by atoms with E-state index < -0.39 is 49.5 Å². The number of rotatable bonds is 45. The first-order chi connectivity index (χ1) is 32.7. The highest BCUT2D eigenvalue weighted by Crippen LogP contribution is 2.23.